The zero-order valence-electron chi connectivity index (χ0n) is 13.8. The minimum absolute atomic E-state index is 0.168. The molecule has 1 N–H and O–H groups in total. The molecule has 4 rings (SSSR count). The topological polar surface area (TPSA) is 88.3 Å². The summed E-state index contributed by atoms with van der Waals surface area (Å²) in [6.45, 7) is -0.168. The lowest BCUT2D eigenvalue weighted by Gasteiger charge is -2.14. The fourth-order valence-electron chi connectivity index (χ4n) is 2.52. The Hall–Kier alpha value is -3.04. The first-order chi connectivity index (χ1) is 13.1. The van der Waals surface area contributed by atoms with Gasteiger partial charge in [-0.2, -0.15) is 0 Å². The Morgan fingerprint density at radius 1 is 1.26 bits per heavy atom. The van der Waals surface area contributed by atoms with Crippen LogP contribution in [0.2, 0.25) is 0 Å². The Kier molecular flexibility index (Phi) is 4.69. The second-order valence-corrected chi connectivity index (χ2v) is 7.27. The van der Waals surface area contributed by atoms with Crippen LogP contribution in [0.1, 0.15) is 5.76 Å². The highest BCUT2D eigenvalue weighted by Gasteiger charge is 2.33. The normalized spacial score (nSPS) is 15.7. The molecule has 0 spiro atoms. The van der Waals surface area contributed by atoms with E-state index in [4.69, 9.17) is 16.6 Å². The van der Waals surface area contributed by atoms with Crippen molar-refractivity contribution in [3.05, 3.63) is 59.7 Å². The molecule has 3 heterocycles. The molecule has 1 aliphatic rings. The van der Waals surface area contributed by atoms with Gasteiger partial charge in [0, 0.05) is 24.2 Å². The molecule has 0 radical (unpaired) electrons. The Balaban J connectivity index is 1.45. The molecule has 2 aromatic heterocycles. The monoisotopic (exact) mass is 396 g/mol. The van der Waals surface area contributed by atoms with Crippen molar-refractivity contribution in [1.29, 1.82) is 0 Å². The average Bonchev–Trinajstić information content (AvgIpc) is 3.26. The summed E-state index contributed by atoms with van der Waals surface area (Å²) in [6, 6.07) is 8.69. The van der Waals surface area contributed by atoms with Crippen molar-refractivity contribution in [3.63, 3.8) is 0 Å². The van der Waals surface area contributed by atoms with E-state index in [-0.39, 0.29) is 18.4 Å². The zero-order chi connectivity index (χ0) is 18.8. The number of furan rings is 1. The van der Waals surface area contributed by atoms with Crippen LogP contribution in [-0.4, -0.2) is 37.5 Å². The van der Waals surface area contributed by atoms with Gasteiger partial charge in [-0.25, -0.2) is 0 Å². The molecule has 9 heteroatoms. The van der Waals surface area contributed by atoms with Crippen LogP contribution in [0.15, 0.2) is 58.3 Å². The van der Waals surface area contributed by atoms with Gasteiger partial charge in [-0.1, -0.05) is 24.0 Å². The molecule has 27 heavy (non-hydrogen) atoms. The van der Waals surface area contributed by atoms with Crippen LogP contribution in [0, 0.1) is 0 Å². The number of nitrogens with one attached hydrogen (secondary N) is 1. The third kappa shape index (κ3) is 3.74. The highest BCUT2D eigenvalue weighted by Crippen LogP contribution is 2.32. The van der Waals surface area contributed by atoms with Crippen molar-refractivity contribution >= 4 is 62.9 Å². The first-order valence-electron chi connectivity index (χ1n) is 7.90. The van der Waals surface area contributed by atoms with Crippen LogP contribution in [0.3, 0.4) is 0 Å². The van der Waals surface area contributed by atoms with E-state index >= 15 is 0 Å². The number of carbonyl (C=O) groups excluding carboxylic acids is 2. The predicted molar refractivity (Wildman–Crippen MR) is 107 cm³/mol. The zero-order valence-corrected chi connectivity index (χ0v) is 15.4. The number of carbonyl (C=O) groups is 2. The number of hydrogen-bond acceptors (Lipinski definition) is 7. The van der Waals surface area contributed by atoms with E-state index in [0.717, 1.165) is 17.3 Å². The van der Waals surface area contributed by atoms with E-state index in [9.17, 15) is 9.59 Å². The summed E-state index contributed by atoms with van der Waals surface area (Å²) in [5, 5.41) is 2.75. The van der Waals surface area contributed by atoms with E-state index in [1.54, 1.807) is 48.8 Å². The molecule has 2 amide bonds. The first kappa shape index (κ1) is 17.4. The fourth-order valence-corrected chi connectivity index (χ4v) is 3.76. The van der Waals surface area contributed by atoms with Crippen molar-refractivity contribution in [2.75, 3.05) is 11.9 Å². The predicted octanol–water partition coefficient (Wildman–Crippen LogP) is 3.06. The minimum atomic E-state index is -0.353. The van der Waals surface area contributed by atoms with Crippen LogP contribution in [0.4, 0.5) is 5.69 Å². The maximum Gasteiger partial charge on any atom is 0.266 e. The van der Waals surface area contributed by atoms with Gasteiger partial charge >= 0.3 is 0 Å². The molecule has 3 aromatic rings. The molecule has 1 aromatic carbocycles. The van der Waals surface area contributed by atoms with Crippen LogP contribution in [-0.2, 0) is 9.59 Å². The largest absolute Gasteiger partial charge is 0.465 e. The van der Waals surface area contributed by atoms with E-state index < -0.39 is 0 Å². The number of thiocarbonyl (C=S) groups is 1. The van der Waals surface area contributed by atoms with Crippen LogP contribution >= 0.6 is 24.0 Å². The van der Waals surface area contributed by atoms with Gasteiger partial charge in [-0.15, -0.1) is 0 Å². The van der Waals surface area contributed by atoms with Crippen molar-refractivity contribution in [3.8, 4) is 0 Å². The van der Waals surface area contributed by atoms with Gasteiger partial charge in [0.05, 0.1) is 22.2 Å². The molecule has 1 saturated heterocycles. The van der Waals surface area contributed by atoms with Gasteiger partial charge in [0.25, 0.3) is 5.91 Å². The summed E-state index contributed by atoms with van der Waals surface area (Å²) in [5.41, 5.74) is 1.97. The quantitative estimate of drug-likeness (QED) is 0.535. The average molecular weight is 396 g/mol. The molecular weight excluding hydrogens is 384 g/mol. The number of hydrogen-bond donors (Lipinski definition) is 1. The second kappa shape index (κ2) is 7.29. The highest BCUT2D eigenvalue weighted by molar-refractivity contribution is 8.26. The number of rotatable bonds is 4. The third-order valence-corrected chi connectivity index (χ3v) is 5.12. The lowest BCUT2D eigenvalue weighted by Crippen LogP contribution is -2.36. The molecule has 134 valence electrons. The van der Waals surface area contributed by atoms with Gasteiger partial charge in [-0.3, -0.25) is 24.5 Å². The molecule has 0 aliphatic carbocycles. The van der Waals surface area contributed by atoms with Crippen molar-refractivity contribution < 1.29 is 14.0 Å². The van der Waals surface area contributed by atoms with E-state index in [1.807, 2.05) is 0 Å². The van der Waals surface area contributed by atoms with Crippen LogP contribution in [0.25, 0.3) is 17.1 Å². The standard InChI is InChI=1S/C18H12N4O3S2/c23-16(21-11-3-4-13-14(8-11)20-6-5-19-13)10-22-17(24)15(27-18(22)26)9-12-2-1-7-25-12/h1-9H,10H2,(H,21,23)/b15-9-. The lowest BCUT2D eigenvalue weighted by atomic mass is 10.2. The Morgan fingerprint density at radius 2 is 2.07 bits per heavy atom. The number of anilines is 1. The summed E-state index contributed by atoms with van der Waals surface area (Å²) in [6.07, 6.45) is 6.32. The number of thioether (sulfide) groups is 1. The van der Waals surface area contributed by atoms with Gasteiger partial charge in [0.15, 0.2) is 0 Å². The summed E-state index contributed by atoms with van der Waals surface area (Å²) < 4.78 is 5.55. The van der Waals surface area contributed by atoms with E-state index in [1.165, 1.54) is 11.2 Å². The number of benzene rings is 1. The molecule has 1 aliphatic heterocycles. The maximum atomic E-state index is 12.5. The minimum Gasteiger partial charge on any atom is -0.465 e. The van der Waals surface area contributed by atoms with E-state index in [2.05, 4.69) is 15.3 Å². The SMILES string of the molecule is O=C(CN1C(=O)/C(=C/c2ccco2)SC1=S)Nc1ccc2nccnc2c1. The Morgan fingerprint density at radius 3 is 2.85 bits per heavy atom. The lowest BCUT2D eigenvalue weighted by molar-refractivity contribution is -0.126. The third-order valence-electron chi connectivity index (χ3n) is 3.74. The summed E-state index contributed by atoms with van der Waals surface area (Å²) in [4.78, 5) is 35.0. The number of amides is 2. The highest BCUT2D eigenvalue weighted by atomic mass is 32.2. The Bertz CT molecular complexity index is 1080. The molecule has 0 bridgehead atoms. The van der Waals surface area contributed by atoms with Crippen molar-refractivity contribution in [1.82, 2.24) is 14.9 Å². The summed E-state index contributed by atoms with van der Waals surface area (Å²) in [7, 11) is 0. The van der Waals surface area contributed by atoms with Gasteiger partial charge in [0.2, 0.25) is 5.91 Å². The molecule has 1 fully saturated rings. The fraction of sp³-hybridized carbons (Fsp3) is 0.0556. The Labute approximate surface area is 163 Å². The van der Waals surface area contributed by atoms with E-state index in [0.29, 0.717) is 26.2 Å². The molecule has 0 atom stereocenters. The first-order valence-corrected chi connectivity index (χ1v) is 9.12. The van der Waals surface area contributed by atoms with Crippen molar-refractivity contribution in [2.24, 2.45) is 0 Å². The molecule has 0 saturated carbocycles. The summed E-state index contributed by atoms with van der Waals surface area (Å²) in [5.74, 6) is -0.119. The van der Waals surface area contributed by atoms with Gasteiger partial charge in [-0.05, 0) is 30.3 Å². The number of aromatic nitrogens is 2. The van der Waals surface area contributed by atoms with Gasteiger partial charge in [0.1, 0.15) is 16.6 Å². The van der Waals surface area contributed by atoms with Crippen molar-refractivity contribution in [2.45, 2.75) is 0 Å². The summed E-state index contributed by atoms with van der Waals surface area (Å²) >= 11 is 6.38. The second-order valence-electron chi connectivity index (χ2n) is 5.59. The molecule has 0 unspecified atom stereocenters. The van der Waals surface area contributed by atoms with Gasteiger partial charge < -0.3 is 9.73 Å². The van der Waals surface area contributed by atoms with Crippen LogP contribution < -0.4 is 5.32 Å². The smallest absolute Gasteiger partial charge is 0.266 e. The maximum absolute atomic E-state index is 12.5. The number of nitrogens with zero attached hydrogens (tertiary/aromatic N) is 3. The molecular formula is C18H12N4O3S2. The van der Waals surface area contributed by atoms with Crippen LogP contribution in [0.5, 0.6) is 0 Å². The molecule has 7 nitrogen and oxygen atoms in total. The number of fused-ring (bicyclic) bond motifs is 1.